The molecule has 4 rings (SSSR count). The van der Waals surface area contributed by atoms with Gasteiger partial charge in [0.15, 0.2) is 5.82 Å². The van der Waals surface area contributed by atoms with E-state index in [4.69, 9.17) is 0 Å². The molecule has 1 saturated heterocycles. The van der Waals surface area contributed by atoms with Crippen molar-refractivity contribution in [3.63, 3.8) is 0 Å². The number of rotatable bonds is 4. The Bertz CT molecular complexity index is 842. The summed E-state index contributed by atoms with van der Waals surface area (Å²) in [6, 6.07) is 5.40. The highest BCUT2D eigenvalue weighted by Crippen LogP contribution is 2.22. The van der Waals surface area contributed by atoms with E-state index in [1.54, 1.807) is 41.7 Å². The van der Waals surface area contributed by atoms with Crippen molar-refractivity contribution < 1.29 is 4.79 Å². The number of amides is 1. The number of nitrogens with zero attached hydrogens (tertiary/aromatic N) is 7. The summed E-state index contributed by atoms with van der Waals surface area (Å²) in [6.45, 7) is 1.54. The molecule has 9 heteroatoms. The maximum Gasteiger partial charge on any atom is 0.227 e. The summed E-state index contributed by atoms with van der Waals surface area (Å²) < 4.78 is 1.56. The first-order chi connectivity index (χ1) is 12.8. The smallest absolute Gasteiger partial charge is 0.227 e. The van der Waals surface area contributed by atoms with Crippen molar-refractivity contribution >= 4 is 17.5 Å². The van der Waals surface area contributed by atoms with Crippen LogP contribution in [0, 0.1) is 5.92 Å². The fourth-order valence-electron chi connectivity index (χ4n) is 2.96. The van der Waals surface area contributed by atoms with Crippen molar-refractivity contribution in [1.82, 2.24) is 29.7 Å². The van der Waals surface area contributed by atoms with Crippen LogP contribution in [-0.2, 0) is 4.79 Å². The lowest BCUT2D eigenvalue weighted by molar-refractivity contribution is -0.120. The predicted molar refractivity (Wildman–Crippen MR) is 94.8 cm³/mol. The molecule has 3 aromatic heterocycles. The van der Waals surface area contributed by atoms with Crippen LogP contribution in [0.5, 0.6) is 0 Å². The number of hydrogen-bond acceptors (Lipinski definition) is 7. The molecule has 1 aliphatic heterocycles. The molecule has 0 aromatic carbocycles. The fraction of sp³-hybridized carbons (Fsp3) is 0.294. The Balaban J connectivity index is 1.33. The minimum absolute atomic E-state index is 0.0222. The van der Waals surface area contributed by atoms with Gasteiger partial charge in [0.05, 0.1) is 11.9 Å². The third-order valence-electron chi connectivity index (χ3n) is 4.37. The number of carbonyl (C=O) groups excluding carboxylic acids is 1. The van der Waals surface area contributed by atoms with Crippen LogP contribution in [-0.4, -0.2) is 48.7 Å². The topological polar surface area (TPSA) is 102 Å². The number of pyridine rings is 1. The molecule has 132 valence electrons. The average Bonchev–Trinajstić information content (AvgIpc) is 3.24. The van der Waals surface area contributed by atoms with Gasteiger partial charge in [-0.3, -0.25) is 4.79 Å². The second-order valence-electron chi connectivity index (χ2n) is 6.04. The van der Waals surface area contributed by atoms with E-state index in [2.05, 4.69) is 35.3 Å². The van der Waals surface area contributed by atoms with E-state index in [0.717, 1.165) is 31.9 Å². The summed E-state index contributed by atoms with van der Waals surface area (Å²) in [6.07, 6.45) is 9.66. The van der Waals surface area contributed by atoms with Crippen molar-refractivity contribution in [3.8, 4) is 5.82 Å². The first-order valence-corrected chi connectivity index (χ1v) is 8.43. The molecular formula is C17H18N8O. The van der Waals surface area contributed by atoms with Gasteiger partial charge in [-0.25, -0.2) is 24.6 Å². The maximum atomic E-state index is 12.5. The number of nitrogens with one attached hydrogen (secondary N) is 1. The SMILES string of the molecule is O=C(Nc1ccc(-n2cncn2)nc1)C1CCN(c2ncccn2)CC1. The summed E-state index contributed by atoms with van der Waals surface area (Å²) in [7, 11) is 0. The molecule has 9 nitrogen and oxygen atoms in total. The van der Waals surface area contributed by atoms with E-state index in [1.165, 1.54) is 6.33 Å². The summed E-state index contributed by atoms with van der Waals surface area (Å²) in [5.74, 6) is 1.37. The first kappa shape index (κ1) is 16.1. The number of carbonyl (C=O) groups is 1. The van der Waals surface area contributed by atoms with E-state index in [9.17, 15) is 4.79 Å². The predicted octanol–water partition coefficient (Wildman–Crippen LogP) is 1.31. The highest BCUT2D eigenvalue weighted by Gasteiger charge is 2.26. The lowest BCUT2D eigenvalue weighted by Crippen LogP contribution is -2.39. The van der Waals surface area contributed by atoms with Crippen LogP contribution in [0.4, 0.5) is 11.6 Å². The Hall–Kier alpha value is -3.36. The number of anilines is 2. The Kier molecular flexibility index (Phi) is 4.50. The third kappa shape index (κ3) is 3.51. The normalized spacial score (nSPS) is 15.0. The van der Waals surface area contributed by atoms with Gasteiger partial charge >= 0.3 is 0 Å². The summed E-state index contributed by atoms with van der Waals surface area (Å²) in [5, 5.41) is 6.97. The highest BCUT2D eigenvalue weighted by atomic mass is 16.1. The van der Waals surface area contributed by atoms with Gasteiger partial charge in [-0.2, -0.15) is 5.10 Å². The summed E-state index contributed by atoms with van der Waals surface area (Å²) >= 11 is 0. The molecule has 3 aromatic rings. The van der Waals surface area contributed by atoms with Crippen molar-refractivity contribution in [2.24, 2.45) is 5.92 Å². The molecule has 1 N–H and O–H groups in total. The number of hydrogen-bond donors (Lipinski definition) is 1. The van der Waals surface area contributed by atoms with Crippen molar-refractivity contribution in [2.45, 2.75) is 12.8 Å². The second-order valence-corrected chi connectivity index (χ2v) is 6.04. The van der Waals surface area contributed by atoms with Crippen LogP contribution in [0.25, 0.3) is 5.82 Å². The van der Waals surface area contributed by atoms with E-state index in [0.29, 0.717) is 11.5 Å². The summed E-state index contributed by atoms with van der Waals surface area (Å²) in [4.78, 5) is 31.3. The van der Waals surface area contributed by atoms with Crippen molar-refractivity contribution in [3.05, 3.63) is 49.4 Å². The van der Waals surface area contributed by atoms with Crippen LogP contribution < -0.4 is 10.2 Å². The second kappa shape index (κ2) is 7.26. The molecule has 4 heterocycles. The maximum absolute atomic E-state index is 12.5. The standard InChI is InChI=1S/C17H18N8O/c26-16(13-4-8-24(9-5-13)17-19-6-1-7-20-17)23-14-2-3-15(21-10-14)25-12-18-11-22-25/h1-3,6-7,10-13H,4-5,8-9H2,(H,23,26). The van der Waals surface area contributed by atoms with Crippen molar-refractivity contribution in [2.75, 3.05) is 23.3 Å². The zero-order valence-electron chi connectivity index (χ0n) is 14.1. The van der Waals surface area contributed by atoms with E-state index in [1.807, 2.05) is 6.07 Å². The third-order valence-corrected chi connectivity index (χ3v) is 4.37. The molecule has 1 amide bonds. The van der Waals surface area contributed by atoms with Gasteiger partial charge in [-0.1, -0.05) is 0 Å². The van der Waals surface area contributed by atoms with E-state index < -0.39 is 0 Å². The summed E-state index contributed by atoms with van der Waals surface area (Å²) in [5.41, 5.74) is 0.674. The molecular weight excluding hydrogens is 332 g/mol. The molecule has 0 spiro atoms. The zero-order valence-corrected chi connectivity index (χ0v) is 14.1. The van der Waals surface area contributed by atoms with Crippen LogP contribution >= 0.6 is 0 Å². The molecule has 0 unspecified atom stereocenters. The Morgan fingerprint density at radius 1 is 1.12 bits per heavy atom. The molecule has 26 heavy (non-hydrogen) atoms. The van der Waals surface area contributed by atoms with E-state index >= 15 is 0 Å². The molecule has 1 aliphatic rings. The molecule has 0 radical (unpaired) electrons. The van der Waals surface area contributed by atoms with Gasteiger partial charge in [0.25, 0.3) is 0 Å². The van der Waals surface area contributed by atoms with Crippen LogP contribution in [0.15, 0.2) is 49.4 Å². The lowest BCUT2D eigenvalue weighted by Gasteiger charge is -2.31. The number of piperidine rings is 1. The van der Waals surface area contributed by atoms with Gasteiger partial charge < -0.3 is 10.2 Å². The quantitative estimate of drug-likeness (QED) is 0.757. The van der Waals surface area contributed by atoms with E-state index in [-0.39, 0.29) is 11.8 Å². The lowest BCUT2D eigenvalue weighted by atomic mass is 9.96. The van der Waals surface area contributed by atoms with Gasteiger partial charge in [0.2, 0.25) is 11.9 Å². The largest absolute Gasteiger partial charge is 0.341 e. The number of aromatic nitrogens is 6. The molecule has 1 fully saturated rings. The first-order valence-electron chi connectivity index (χ1n) is 8.43. The Labute approximate surface area is 150 Å². The van der Waals surface area contributed by atoms with Crippen LogP contribution in [0.1, 0.15) is 12.8 Å². The van der Waals surface area contributed by atoms with Crippen LogP contribution in [0.3, 0.4) is 0 Å². The average molecular weight is 350 g/mol. The molecule has 0 saturated carbocycles. The van der Waals surface area contributed by atoms with Gasteiger partial charge in [-0.15, -0.1) is 0 Å². The highest BCUT2D eigenvalue weighted by molar-refractivity contribution is 5.92. The zero-order chi connectivity index (χ0) is 17.8. The molecule has 0 bridgehead atoms. The Morgan fingerprint density at radius 2 is 1.92 bits per heavy atom. The minimum Gasteiger partial charge on any atom is -0.341 e. The van der Waals surface area contributed by atoms with Gasteiger partial charge in [0, 0.05) is 31.4 Å². The fourth-order valence-corrected chi connectivity index (χ4v) is 2.96. The Morgan fingerprint density at radius 3 is 2.58 bits per heavy atom. The van der Waals surface area contributed by atoms with Crippen LogP contribution in [0.2, 0.25) is 0 Å². The molecule has 0 aliphatic carbocycles. The minimum atomic E-state index is -0.0232. The molecule has 0 atom stereocenters. The van der Waals surface area contributed by atoms with Crippen molar-refractivity contribution in [1.29, 1.82) is 0 Å². The van der Waals surface area contributed by atoms with Gasteiger partial charge in [0.1, 0.15) is 12.7 Å². The monoisotopic (exact) mass is 350 g/mol. The van der Waals surface area contributed by atoms with Gasteiger partial charge in [-0.05, 0) is 31.0 Å².